The number of fused-ring (bicyclic) bond motifs is 3. The van der Waals surface area contributed by atoms with Gasteiger partial charge in [-0.2, -0.15) is 5.06 Å². The predicted molar refractivity (Wildman–Crippen MR) is 89.7 cm³/mol. The van der Waals surface area contributed by atoms with Crippen LogP contribution in [-0.2, 0) is 6.42 Å². The lowest BCUT2D eigenvalue weighted by molar-refractivity contribution is 0.0854. The smallest absolute Gasteiger partial charge is 0.281 e. The van der Waals surface area contributed by atoms with Crippen molar-refractivity contribution in [3.05, 3.63) is 89.5 Å². The number of anilines is 1. The van der Waals surface area contributed by atoms with Crippen molar-refractivity contribution in [2.24, 2.45) is 0 Å². The predicted octanol–water partition coefficient (Wildman–Crippen LogP) is 4.29. The summed E-state index contributed by atoms with van der Waals surface area (Å²) in [5, 5.41) is 11.2. The quantitative estimate of drug-likeness (QED) is 0.443. The second-order valence-electron chi connectivity index (χ2n) is 5.62. The average molecular weight is 301 g/mol. The van der Waals surface area contributed by atoms with E-state index < -0.39 is 5.91 Å². The molecule has 3 heteroatoms. The van der Waals surface area contributed by atoms with Crippen LogP contribution in [0.5, 0.6) is 0 Å². The highest BCUT2D eigenvalue weighted by atomic mass is 16.5. The van der Waals surface area contributed by atoms with Crippen LogP contribution in [0.3, 0.4) is 0 Å². The summed E-state index contributed by atoms with van der Waals surface area (Å²) >= 11 is 0. The van der Waals surface area contributed by atoms with Gasteiger partial charge in [-0.3, -0.25) is 10.0 Å². The Morgan fingerprint density at radius 3 is 2.35 bits per heavy atom. The molecule has 0 bridgehead atoms. The SMILES string of the molecule is O=C(c1ccccc1)N(O)c1cccc2c1Cc1ccccc1-2. The van der Waals surface area contributed by atoms with Gasteiger partial charge < -0.3 is 0 Å². The van der Waals surface area contributed by atoms with Gasteiger partial charge in [0.2, 0.25) is 0 Å². The summed E-state index contributed by atoms with van der Waals surface area (Å²) in [5.41, 5.74) is 5.47. The molecule has 0 aliphatic heterocycles. The minimum atomic E-state index is -0.421. The number of amides is 1. The van der Waals surface area contributed by atoms with Crippen molar-refractivity contribution in [1.82, 2.24) is 0 Å². The number of benzene rings is 3. The van der Waals surface area contributed by atoms with Crippen LogP contribution in [-0.4, -0.2) is 11.1 Å². The molecular weight excluding hydrogens is 286 g/mol. The second-order valence-corrected chi connectivity index (χ2v) is 5.62. The summed E-state index contributed by atoms with van der Waals surface area (Å²) < 4.78 is 0. The van der Waals surface area contributed by atoms with E-state index in [1.165, 1.54) is 11.1 Å². The minimum Gasteiger partial charge on any atom is -0.281 e. The van der Waals surface area contributed by atoms with Gasteiger partial charge in [-0.1, -0.05) is 54.6 Å². The molecule has 1 N–H and O–H groups in total. The Kier molecular flexibility index (Phi) is 3.21. The van der Waals surface area contributed by atoms with Crippen LogP contribution in [0.1, 0.15) is 21.5 Å². The van der Waals surface area contributed by atoms with Gasteiger partial charge in [0.25, 0.3) is 5.91 Å². The van der Waals surface area contributed by atoms with Crippen LogP contribution in [0.4, 0.5) is 5.69 Å². The zero-order valence-electron chi connectivity index (χ0n) is 12.4. The third kappa shape index (κ3) is 2.22. The standard InChI is InChI=1S/C20H15NO2/c22-20(14-7-2-1-3-8-14)21(23)19-12-6-11-17-16-10-5-4-9-15(16)13-18(17)19/h1-12,23H,13H2. The van der Waals surface area contributed by atoms with E-state index in [0.29, 0.717) is 11.3 Å². The first-order valence-electron chi connectivity index (χ1n) is 7.54. The van der Waals surface area contributed by atoms with Gasteiger partial charge in [-0.25, -0.2) is 0 Å². The lowest BCUT2D eigenvalue weighted by atomic mass is 10.0. The van der Waals surface area contributed by atoms with Crippen molar-refractivity contribution in [3.63, 3.8) is 0 Å². The summed E-state index contributed by atoms with van der Waals surface area (Å²) in [7, 11) is 0. The van der Waals surface area contributed by atoms with Crippen molar-refractivity contribution in [1.29, 1.82) is 0 Å². The van der Waals surface area contributed by atoms with Crippen molar-refractivity contribution in [2.75, 3.05) is 5.06 Å². The Bertz CT molecular complexity index is 887. The first kappa shape index (κ1) is 13.7. The minimum absolute atomic E-state index is 0.421. The molecule has 1 amide bonds. The maximum atomic E-state index is 12.5. The Morgan fingerprint density at radius 2 is 1.52 bits per heavy atom. The topological polar surface area (TPSA) is 40.5 Å². The lowest BCUT2D eigenvalue weighted by Gasteiger charge is -2.18. The van der Waals surface area contributed by atoms with Crippen LogP contribution >= 0.6 is 0 Å². The van der Waals surface area contributed by atoms with E-state index >= 15 is 0 Å². The van der Waals surface area contributed by atoms with Crippen LogP contribution in [0, 0.1) is 0 Å². The molecule has 4 rings (SSSR count). The Balaban J connectivity index is 1.76. The zero-order valence-corrected chi connectivity index (χ0v) is 12.4. The van der Waals surface area contributed by atoms with E-state index in [1.807, 2.05) is 30.3 Å². The molecule has 3 aromatic carbocycles. The number of nitrogens with zero attached hydrogens (tertiary/aromatic N) is 1. The van der Waals surface area contributed by atoms with Gasteiger partial charge in [-0.15, -0.1) is 0 Å². The van der Waals surface area contributed by atoms with E-state index in [1.54, 1.807) is 30.3 Å². The largest absolute Gasteiger partial charge is 0.281 e. The summed E-state index contributed by atoms with van der Waals surface area (Å²) in [4.78, 5) is 12.5. The summed E-state index contributed by atoms with van der Waals surface area (Å²) in [6.07, 6.45) is 0.723. The molecule has 3 nitrogen and oxygen atoms in total. The van der Waals surface area contributed by atoms with Crippen LogP contribution in [0.15, 0.2) is 72.8 Å². The number of hydrogen-bond donors (Lipinski definition) is 1. The van der Waals surface area contributed by atoms with E-state index in [0.717, 1.165) is 22.6 Å². The van der Waals surface area contributed by atoms with Gasteiger partial charge in [0.15, 0.2) is 0 Å². The highest BCUT2D eigenvalue weighted by molar-refractivity contribution is 6.05. The molecule has 0 radical (unpaired) electrons. The Hall–Kier alpha value is -2.91. The highest BCUT2D eigenvalue weighted by Crippen LogP contribution is 2.41. The summed E-state index contributed by atoms with van der Waals surface area (Å²) in [5.74, 6) is -0.421. The van der Waals surface area contributed by atoms with Crippen LogP contribution < -0.4 is 5.06 Å². The number of hydrogen-bond acceptors (Lipinski definition) is 2. The van der Waals surface area contributed by atoms with Gasteiger partial charge >= 0.3 is 0 Å². The highest BCUT2D eigenvalue weighted by Gasteiger charge is 2.25. The first-order chi connectivity index (χ1) is 11.3. The van der Waals surface area contributed by atoms with Gasteiger partial charge in [0, 0.05) is 12.0 Å². The molecule has 0 saturated carbocycles. The third-order valence-corrected chi connectivity index (χ3v) is 4.27. The maximum absolute atomic E-state index is 12.5. The van der Waals surface area contributed by atoms with Gasteiger partial charge in [0.1, 0.15) is 0 Å². The molecule has 0 unspecified atom stereocenters. The van der Waals surface area contributed by atoms with Crippen molar-refractivity contribution >= 4 is 11.6 Å². The molecule has 0 spiro atoms. The van der Waals surface area contributed by atoms with E-state index in [4.69, 9.17) is 0 Å². The van der Waals surface area contributed by atoms with Crippen molar-refractivity contribution in [2.45, 2.75) is 6.42 Å². The average Bonchev–Trinajstić information content (AvgIpc) is 3.00. The molecule has 0 atom stereocenters. The normalized spacial score (nSPS) is 11.7. The third-order valence-electron chi connectivity index (χ3n) is 4.27. The fourth-order valence-electron chi connectivity index (χ4n) is 3.15. The van der Waals surface area contributed by atoms with Gasteiger partial charge in [-0.05, 0) is 40.5 Å². The van der Waals surface area contributed by atoms with Crippen molar-refractivity contribution in [3.8, 4) is 11.1 Å². The van der Waals surface area contributed by atoms with Gasteiger partial charge in [0.05, 0.1) is 5.69 Å². The molecular formula is C20H15NO2. The molecule has 112 valence electrons. The van der Waals surface area contributed by atoms with E-state index in [2.05, 4.69) is 12.1 Å². The van der Waals surface area contributed by atoms with Crippen LogP contribution in [0.25, 0.3) is 11.1 Å². The number of carbonyl (C=O) groups excluding carboxylic acids is 1. The maximum Gasteiger partial charge on any atom is 0.281 e. The van der Waals surface area contributed by atoms with Crippen molar-refractivity contribution < 1.29 is 10.0 Å². The molecule has 1 aliphatic carbocycles. The molecule has 1 aliphatic rings. The Morgan fingerprint density at radius 1 is 0.826 bits per heavy atom. The molecule has 23 heavy (non-hydrogen) atoms. The zero-order chi connectivity index (χ0) is 15.8. The number of carbonyl (C=O) groups is 1. The lowest BCUT2D eigenvalue weighted by Crippen LogP contribution is -2.27. The number of hydroxylamine groups is 1. The molecule has 0 aromatic heterocycles. The molecule has 3 aromatic rings. The summed E-state index contributed by atoms with van der Waals surface area (Å²) in [6, 6.07) is 22.7. The fraction of sp³-hybridized carbons (Fsp3) is 0.0500. The van der Waals surface area contributed by atoms with Crippen LogP contribution in [0.2, 0.25) is 0 Å². The molecule has 0 fully saturated rings. The van der Waals surface area contributed by atoms with E-state index in [9.17, 15) is 10.0 Å². The number of rotatable bonds is 2. The monoisotopic (exact) mass is 301 g/mol. The fourth-order valence-corrected chi connectivity index (χ4v) is 3.15. The Labute approximate surface area is 134 Å². The molecule has 0 saturated heterocycles. The summed E-state index contributed by atoms with van der Waals surface area (Å²) in [6.45, 7) is 0. The first-order valence-corrected chi connectivity index (χ1v) is 7.54. The molecule has 0 heterocycles. The van der Waals surface area contributed by atoms with E-state index in [-0.39, 0.29) is 0 Å². The second kappa shape index (κ2) is 5.38.